The minimum Gasteiger partial charge on any atom is -0.478 e. The summed E-state index contributed by atoms with van der Waals surface area (Å²) in [6.45, 7) is 0. The van der Waals surface area contributed by atoms with Crippen molar-refractivity contribution >= 4 is 21.7 Å². The van der Waals surface area contributed by atoms with E-state index in [1.165, 1.54) is 24.4 Å². The Kier molecular flexibility index (Phi) is 3.02. The number of nitrogens with one attached hydrogen (secondary N) is 2. The van der Waals surface area contributed by atoms with Crippen molar-refractivity contribution in [3.8, 4) is 0 Å². The zero-order valence-corrected chi connectivity index (χ0v) is 9.81. The smallest absolute Gasteiger partial charge is 0.337 e. The lowest BCUT2D eigenvalue weighted by Gasteiger charge is -2.08. The third kappa shape index (κ3) is 2.33. The number of carboxylic acids is 1. The first-order valence-corrected chi connectivity index (χ1v) is 6.33. The molecule has 0 amide bonds. The van der Waals surface area contributed by atoms with Gasteiger partial charge >= 0.3 is 5.97 Å². The van der Waals surface area contributed by atoms with Crippen molar-refractivity contribution in [2.24, 2.45) is 0 Å². The second-order valence-corrected chi connectivity index (χ2v) is 5.07. The summed E-state index contributed by atoms with van der Waals surface area (Å²) in [5, 5.41) is 14.8. The number of nitrogens with zero attached hydrogens (tertiary/aromatic N) is 1. The third-order valence-corrected chi connectivity index (χ3v) is 3.52. The number of para-hydroxylation sites is 1. The quantitative estimate of drug-likeness (QED) is 0.762. The Morgan fingerprint density at radius 1 is 1.33 bits per heavy atom. The molecule has 0 spiro atoms. The fourth-order valence-electron chi connectivity index (χ4n) is 1.35. The lowest BCUT2D eigenvalue weighted by molar-refractivity contribution is 0.0698. The molecule has 0 aliphatic rings. The van der Waals surface area contributed by atoms with Gasteiger partial charge < -0.3 is 5.11 Å². The normalized spacial score (nSPS) is 11.1. The van der Waals surface area contributed by atoms with Crippen molar-refractivity contribution in [1.82, 2.24) is 10.2 Å². The number of anilines is 1. The molecular formula is C10H9N3O4S. The van der Waals surface area contributed by atoms with Gasteiger partial charge in [0.2, 0.25) is 0 Å². The Bertz CT molecular complexity index is 664. The maximum absolute atomic E-state index is 11.9. The highest BCUT2D eigenvalue weighted by Crippen LogP contribution is 2.19. The molecule has 2 aromatic rings. The SMILES string of the molecule is O=C(O)c1ccccc1NS(=O)(=O)c1cn[nH]c1. The number of aromatic amines is 1. The third-order valence-electron chi connectivity index (χ3n) is 2.19. The minimum absolute atomic E-state index is 0.00574. The number of hydrogen-bond acceptors (Lipinski definition) is 4. The molecule has 0 saturated heterocycles. The van der Waals surface area contributed by atoms with Gasteiger partial charge in [0.1, 0.15) is 4.90 Å². The lowest BCUT2D eigenvalue weighted by Crippen LogP contribution is -2.14. The van der Waals surface area contributed by atoms with Crippen LogP contribution in [0.1, 0.15) is 10.4 Å². The second kappa shape index (κ2) is 4.49. The summed E-state index contributed by atoms with van der Waals surface area (Å²) >= 11 is 0. The van der Waals surface area contributed by atoms with Crippen LogP contribution >= 0.6 is 0 Å². The molecule has 1 heterocycles. The first-order valence-electron chi connectivity index (χ1n) is 4.84. The number of carboxylic acid groups (broad SMARTS) is 1. The van der Waals surface area contributed by atoms with Gasteiger partial charge in [0.15, 0.2) is 0 Å². The average molecular weight is 267 g/mol. The minimum atomic E-state index is -3.83. The van der Waals surface area contributed by atoms with Gasteiger partial charge in [-0.05, 0) is 12.1 Å². The largest absolute Gasteiger partial charge is 0.478 e. The van der Waals surface area contributed by atoms with Crippen LogP contribution in [0.5, 0.6) is 0 Å². The van der Waals surface area contributed by atoms with Gasteiger partial charge in [0, 0.05) is 6.20 Å². The van der Waals surface area contributed by atoms with Gasteiger partial charge in [-0.3, -0.25) is 9.82 Å². The molecule has 0 aliphatic heterocycles. The molecule has 0 aliphatic carbocycles. The summed E-state index contributed by atoms with van der Waals surface area (Å²) in [5.41, 5.74) is -0.115. The highest BCUT2D eigenvalue weighted by atomic mass is 32.2. The van der Waals surface area contributed by atoms with E-state index in [4.69, 9.17) is 5.11 Å². The molecule has 8 heteroatoms. The van der Waals surface area contributed by atoms with E-state index in [2.05, 4.69) is 14.9 Å². The molecule has 0 unspecified atom stereocenters. The van der Waals surface area contributed by atoms with Gasteiger partial charge in [-0.15, -0.1) is 0 Å². The van der Waals surface area contributed by atoms with E-state index in [1.807, 2.05) is 0 Å². The van der Waals surface area contributed by atoms with E-state index in [0.29, 0.717) is 0 Å². The first-order chi connectivity index (χ1) is 8.50. The van der Waals surface area contributed by atoms with Crippen LogP contribution in [0.25, 0.3) is 0 Å². The van der Waals surface area contributed by atoms with Crippen LogP contribution < -0.4 is 4.72 Å². The number of benzene rings is 1. The van der Waals surface area contributed by atoms with Crippen molar-refractivity contribution < 1.29 is 18.3 Å². The Balaban J connectivity index is 2.39. The van der Waals surface area contributed by atoms with Crippen molar-refractivity contribution in [3.63, 3.8) is 0 Å². The average Bonchev–Trinajstić information content (AvgIpc) is 2.83. The monoisotopic (exact) mass is 267 g/mol. The van der Waals surface area contributed by atoms with Gasteiger partial charge in [-0.1, -0.05) is 12.1 Å². The number of aromatic nitrogens is 2. The summed E-state index contributed by atoms with van der Waals surface area (Å²) in [5.74, 6) is -1.21. The fraction of sp³-hybridized carbons (Fsp3) is 0. The zero-order valence-electron chi connectivity index (χ0n) is 8.99. The fourth-order valence-corrected chi connectivity index (χ4v) is 2.33. The molecule has 3 N–H and O–H groups in total. The molecule has 1 aromatic carbocycles. The Morgan fingerprint density at radius 3 is 2.67 bits per heavy atom. The highest BCUT2D eigenvalue weighted by molar-refractivity contribution is 7.92. The Morgan fingerprint density at radius 2 is 2.06 bits per heavy atom. The van der Waals surface area contributed by atoms with Crippen LogP contribution in [0.3, 0.4) is 0 Å². The predicted molar refractivity (Wildman–Crippen MR) is 62.8 cm³/mol. The van der Waals surface area contributed by atoms with Crippen molar-refractivity contribution in [2.75, 3.05) is 4.72 Å². The summed E-state index contributed by atoms with van der Waals surface area (Å²) in [6, 6.07) is 5.75. The zero-order chi connectivity index (χ0) is 13.2. The first kappa shape index (κ1) is 12.1. The number of hydrogen-bond donors (Lipinski definition) is 3. The summed E-state index contributed by atoms with van der Waals surface area (Å²) < 4.78 is 25.9. The lowest BCUT2D eigenvalue weighted by atomic mass is 10.2. The summed E-state index contributed by atoms with van der Waals surface area (Å²) in [4.78, 5) is 10.9. The van der Waals surface area contributed by atoms with E-state index in [0.717, 1.165) is 6.20 Å². The van der Waals surface area contributed by atoms with Crippen LogP contribution in [-0.4, -0.2) is 29.7 Å². The molecular weight excluding hydrogens is 258 g/mol. The number of carbonyl (C=O) groups is 1. The molecule has 2 rings (SSSR count). The van der Waals surface area contributed by atoms with E-state index in [9.17, 15) is 13.2 Å². The second-order valence-electron chi connectivity index (χ2n) is 3.39. The van der Waals surface area contributed by atoms with Crippen molar-refractivity contribution in [1.29, 1.82) is 0 Å². The maximum atomic E-state index is 11.9. The van der Waals surface area contributed by atoms with Crippen LogP contribution in [0, 0.1) is 0 Å². The van der Waals surface area contributed by atoms with E-state index < -0.39 is 16.0 Å². The van der Waals surface area contributed by atoms with Gasteiger partial charge in [0.25, 0.3) is 10.0 Å². The highest BCUT2D eigenvalue weighted by Gasteiger charge is 2.18. The predicted octanol–water partition coefficient (Wildman–Crippen LogP) is 0.909. The Hall–Kier alpha value is -2.35. The standard InChI is InChI=1S/C10H9N3O4S/c14-10(15)8-3-1-2-4-9(8)13-18(16,17)7-5-11-12-6-7/h1-6,13H,(H,11,12)(H,14,15). The molecule has 0 bridgehead atoms. The summed E-state index contributed by atoms with van der Waals surface area (Å²) in [6.07, 6.45) is 2.33. The molecule has 0 saturated carbocycles. The number of rotatable bonds is 4. The van der Waals surface area contributed by atoms with Crippen LogP contribution in [0.4, 0.5) is 5.69 Å². The van der Waals surface area contributed by atoms with E-state index >= 15 is 0 Å². The molecule has 0 fully saturated rings. The van der Waals surface area contributed by atoms with E-state index in [1.54, 1.807) is 6.07 Å². The van der Waals surface area contributed by atoms with Crippen molar-refractivity contribution in [2.45, 2.75) is 4.90 Å². The van der Waals surface area contributed by atoms with Crippen LogP contribution in [0.2, 0.25) is 0 Å². The Labute approximate surface area is 103 Å². The van der Waals surface area contributed by atoms with E-state index in [-0.39, 0.29) is 16.1 Å². The topological polar surface area (TPSA) is 112 Å². The molecule has 0 radical (unpaired) electrons. The molecule has 18 heavy (non-hydrogen) atoms. The summed E-state index contributed by atoms with van der Waals surface area (Å²) in [7, 11) is -3.83. The molecule has 0 atom stereocenters. The van der Waals surface area contributed by atoms with Crippen LogP contribution in [0.15, 0.2) is 41.6 Å². The molecule has 94 valence electrons. The number of sulfonamides is 1. The maximum Gasteiger partial charge on any atom is 0.337 e. The van der Waals surface area contributed by atoms with Gasteiger partial charge in [-0.25, -0.2) is 13.2 Å². The molecule has 7 nitrogen and oxygen atoms in total. The number of H-pyrrole nitrogens is 1. The van der Waals surface area contributed by atoms with Gasteiger partial charge in [-0.2, -0.15) is 5.10 Å². The van der Waals surface area contributed by atoms with Crippen LogP contribution in [-0.2, 0) is 10.0 Å². The molecule has 1 aromatic heterocycles. The number of aromatic carboxylic acids is 1. The van der Waals surface area contributed by atoms with Crippen molar-refractivity contribution in [3.05, 3.63) is 42.2 Å². The van der Waals surface area contributed by atoms with Gasteiger partial charge in [0.05, 0.1) is 17.4 Å².